The highest BCUT2D eigenvalue weighted by atomic mass is 16.2. The minimum absolute atomic E-state index is 0.146. The zero-order valence-corrected chi connectivity index (χ0v) is 20.3. The second-order valence-corrected chi connectivity index (χ2v) is 9.02. The number of unbranched alkanes of at least 4 members (excludes halogenated alkanes) is 1. The summed E-state index contributed by atoms with van der Waals surface area (Å²) >= 11 is 0. The highest BCUT2D eigenvalue weighted by Gasteiger charge is 2.22. The average Bonchev–Trinajstić information content (AvgIpc) is 3.31. The number of hydrogen-bond donors (Lipinski definition) is 2. The van der Waals surface area contributed by atoms with Crippen LogP contribution in [0.25, 0.3) is 0 Å². The minimum atomic E-state index is -0.525. The normalized spacial score (nSPS) is 13.6. The zero-order chi connectivity index (χ0) is 24.6. The maximum absolute atomic E-state index is 13.1. The van der Waals surface area contributed by atoms with Gasteiger partial charge in [-0.2, -0.15) is 0 Å². The molecular weight excluding hydrogens is 444 g/mol. The second-order valence-electron chi connectivity index (χ2n) is 9.02. The molecular formula is C25H34N8O2. The topological polar surface area (TPSA) is 128 Å². The van der Waals surface area contributed by atoms with E-state index in [1.807, 2.05) is 35.2 Å². The van der Waals surface area contributed by atoms with Crippen LogP contribution in [-0.2, 0) is 19.6 Å². The molecule has 0 fully saturated rings. The van der Waals surface area contributed by atoms with Crippen LogP contribution >= 0.6 is 0 Å². The Morgan fingerprint density at radius 2 is 2.00 bits per heavy atom. The summed E-state index contributed by atoms with van der Waals surface area (Å²) in [5.41, 5.74) is 8.08. The van der Waals surface area contributed by atoms with Gasteiger partial charge in [-0.1, -0.05) is 55.3 Å². The zero-order valence-electron chi connectivity index (χ0n) is 20.3. The van der Waals surface area contributed by atoms with E-state index in [4.69, 9.17) is 5.73 Å². The fraction of sp³-hybridized carbons (Fsp3) is 0.480. The number of benzene rings is 1. The van der Waals surface area contributed by atoms with Gasteiger partial charge in [0.2, 0.25) is 0 Å². The lowest BCUT2D eigenvalue weighted by molar-refractivity contribution is 0.527. The SMILES string of the molecule is CCCCn1nnnc1CN(CCC1=CCCCC1)c1c(N)n(Cc2ccccc2)c(=O)[nH]c1=O. The smallest absolute Gasteiger partial charge is 0.330 e. The van der Waals surface area contributed by atoms with Gasteiger partial charge in [0.25, 0.3) is 5.56 Å². The summed E-state index contributed by atoms with van der Waals surface area (Å²) in [7, 11) is 0. The van der Waals surface area contributed by atoms with Gasteiger partial charge < -0.3 is 10.6 Å². The molecule has 2 aromatic heterocycles. The maximum atomic E-state index is 13.1. The molecule has 1 aliphatic rings. The van der Waals surface area contributed by atoms with Crippen LogP contribution < -0.4 is 21.9 Å². The van der Waals surface area contributed by atoms with Crippen LogP contribution in [-0.4, -0.2) is 36.3 Å². The highest BCUT2D eigenvalue weighted by Crippen LogP contribution is 2.24. The molecule has 1 aliphatic carbocycles. The molecule has 0 unspecified atom stereocenters. The van der Waals surface area contributed by atoms with Gasteiger partial charge in [0.1, 0.15) is 11.5 Å². The van der Waals surface area contributed by atoms with E-state index in [0.717, 1.165) is 37.7 Å². The van der Waals surface area contributed by atoms with Crippen LogP contribution in [0.1, 0.15) is 63.3 Å². The summed E-state index contributed by atoms with van der Waals surface area (Å²) < 4.78 is 3.19. The number of nitrogens with two attached hydrogens (primary N) is 1. The molecule has 0 saturated heterocycles. The third-order valence-electron chi connectivity index (χ3n) is 6.46. The average molecular weight is 479 g/mol. The first kappa shape index (κ1) is 24.4. The van der Waals surface area contributed by atoms with Crippen LogP contribution in [0, 0.1) is 0 Å². The Hall–Kier alpha value is -3.69. The molecule has 186 valence electrons. The predicted octanol–water partition coefficient (Wildman–Crippen LogP) is 2.85. The van der Waals surface area contributed by atoms with E-state index in [0.29, 0.717) is 25.5 Å². The van der Waals surface area contributed by atoms with E-state index in [9.17, 15) is 9.59 Å². The van der Waals surface area contributed by atoms with Crippen molar-refractivity contribution in [1.29, 1.82) is 0 Å². The Kier molecular flexibility index (Phi) is 8.12. The monoisotopic (exact) mass is 478 g/mol. The molecule has 10 nitrogen and oxygen atoms in total. The van der Waals surface area contributed by atoms with Gasteiger partial charge in [-0.25, -0.2) is 9.48 Å². The molecule has 0 radical (unpaired) electrons. The maximum Gasteiger partial charge on any atom is 0.330 e. The van der Waals surface area contributed by atoms with Gasteiger partial charge in [0, 0.05) is 13.1 Å². The minimum Gasteiger partial charge on any atom is -0.383 e. The summed E-state index contributed by atoms with van der Waals surface area (Å²) in [6.45, 7) is 3.98. The molecule has 0 amide bonds. The number of aromatic nitrogens is 6. The predicted molar refractivity (Wildman–Crippen MR) is 136 cm³/mol. The molecule has 0 spiro atoms. The van der Waals surface area contributed by atoms with Crippen molar-refractivity contribution in [2.24, 2.45) is 0 Å². The van der Waals surface area contributed by atoms with E-state index in [2.05, 4.69) is 33.5 Å². The number of nitrogen functional groups attached to an aromatic ring is 1. The molecule has 35 heavy (non-hydrogen) atoms. The first-order chi connectivity index (χ1) is 17.1. The molecule has 0 aliphatic heterocycles. The van der Waals surface area contributed by atoms with Gasteiger partial charge in [-0.15, -0.1) is 5.10 Å². The molecule has 3 aromatic rings. The van der Waals surface area contributed by atoms with Crippen LogP contribution in [0.2, 0.25) is 0 Å². The van der Waals surface area contributed by atoms with Crippen molar-refractivity contribution in [3.63, 3.8) is 0 Å². The first-order valence-corrected chi connectivity index (χ1v) is 12.4. The van der Waals surface area contributed by atoms with Gasteiger partial charge in [-0.05, 0) is 54.5 Å². The molecule has 0 saturated carbocycles. The Morgan fingerprint density at radius 3 is 2.74 bits per heavy atom. The third kappa shape index (κ3) is 6.06. The van der Waals surface area contributed by atoms with Crippen molar-refractivity contribution < 1.29 is 0 Å². The van der Waals surface area contributed by atoms with Crippen molar-refractivity contribution >= 4 is 11.5 Å². The van der Waals surface area contributed by atoms with Crippen molar-refractivity contribution in [1.82, 2.24) is 29.8 Å². The molecule has 0 bridgehead atoms. The molecule has 0 atom stereocenters. The number of H-pyrrole nitrogens is 1. The molecule has 10 heteroatoms. The summed E-state index contributed by atoms with van der Waals surface area (Å²) in [5.74, 6) is 0.809. The van der Waals surface area contributed by atoms with Crippen molar-refractivity contribution in [2.75, 3.05) is 17.2 Å². The Morgan fingerprint density at radius 1 is 1.17 bits per heavy atom. The van der Waals surface area contributed by atoms with Gasteiger partial charge >= 0.3 is 5.69 Å². The standard InChI is InChI=1S/C25H34N8O2/c1-2-3-15-33-21(28-29-30-33)18-31(16-14-19-10-6-4-7-11-19)22-23(26)32(25(35)27-24(22)34)17-20-12-8-5-9-13-20/h5,8-10,12-13H,2-4,6-7,11,14-18,26H2,1H3,(H,27,34,35). The molecule has 1 aromatic carbocycles. The lowest BCUT2D eigenvalue weighted by Gasteiger charge is -2.27. The van der Waals surface area contributed by atoms with Crippen LogP contribution in [0.4, 0.5) is 11.5 Å². The Bertz CT molecular complexity index is 1260. The molecule has 2 heterocycles. The summed E-state index contributed by atoms with van der Waals surface area (Å²) in [6.07, 6.45) is 9.66. The van der Waals surface area contributed by atoms with Crippen molar-refractivity contribution in [3.05, 3.63) is 74.2 Å². The van der Waals surface area contributed by atoms with Crippen LogP contribution in [0.5, 0.6) is 0 Å². The van der Waals surface area contributed by atoms with Gasteiger partial charge in [-0.3, -0.25) is 14.3 Å². The number of rotatable bonds is 11. The van der Waals surface area contributed by atoms with E-state index >= 15 is 0 Å². The summed E-state index contributed by atoms with van der Waals surface area (Å²) in [6, 6.07) is 9.57. The largest absolute Gasteiger partial charge is 0.383 e. The van der Waals surface area contributed by atoms with Crippen molar-refractivity contribution in [3.8, 4) is 0 Å². The van der Waals surface area contributed by atoms with E-state index in [-0.39, 0.29) is 18.1 Å². The summed E-state index contributed by atoms with van der Waals surface area (Å²) in [4.78, 5) is 30.2. The van der Waals surface area contributed by atoms with Crippen molar-refractivity contribution in [2.45, 2.75) is 71.5 Å². The van der Waals surface area contributed by atoms with Crippen LogP contribution in [0.3, 0.4) is 0 Å². The number of aryl methyl sites for hydroxylation is 1. The van der Waals surface area contributed by atoms with Gasteiger partial charge in [0.15, 0.2) is 5.82 Å². The number of nitrogens with zero attached hydrogens (tertiary/aromatic N) is 6. The Labute approximate surface area is 204 Å². The van der Waals surface area contributed by atoms with E-state index < -0.39 is 11.2 Å². The Balaban J connectivity index is 1.69. The highest BCUT2D eigenvalue weighted by molar-refractivity contribution is 5.62. The number of nitrogens with one attached hydrogen (secondary N) is 1. The quantitative estimate of drug-likeness (QED) is 0.406. The van der Waals surface area contributed by atoms with Gasteiger partial charge in [0.05, 0.1) is 13.1 Å². The summed E-state index contributed by atoms with van der Waals surface area (Å²) in [5, 5.41) is 12.2. The number of tetrazole rings is 1. The second kappa shape index (κ2) is 11.6. The number of anilines is 2. The number of allylic oxidation sites excluding steroid dienone is 1. The van der Waals surface area contributed by atoms with E-state index in [1.54, 1.807) is 4.68 Å². The van der Waals surface area contributed by atoms with E-state index in [1.165, 1.54) is 23.0 Å². The fourth-order valence-electron chi connectivity index (χ4n) is 4.47. The number of hydrogen-bond acceptors (Lipinski definition) is 7. The molecule has 4 rings (SSSR count). The number of aromatic amines is 1. The fourth-order valence-corrected chi connectivity index (χ4v) is 4.47. The third-order valence-corrected chi connectivity index (χ3v) is 6.46. The lowest BCUT2D eigenvalue weighted by atomic mass is 9.97. The lowest BCUT2D eigenvalue weighted by Crippen LogP contribution is -2.39. The van der Waals surface area contributed by atoms with Crippen LogP contribution in [0.15, 0.2) is 51.6 Å². The first-order valence-electron chi connectivity index (χ1n) is 12.4. The molecule has 3 N–H and O–H groups in total.